The Balaban J connectivity index is 1.92. The second kappa shape index (κ2) is 6.06. The van der Waals surface area contributed by atoms with E-state index in [9.17, 15) is 4.79 Å². The lowest BCUT2D eigenvalue weighted by molar-refractivity contribution is 0.111. The molecule has 0 amide bonds. The molecule has 1 atom stereocenters. The Kier molecular flexibility index (Phi) is 3.88. The number of hydrogen-bond acceptors (Lipinski definition) is 4. The van der Waals surface area contributed by atoms with Crippen LogP contribution in [-0.2, 0) is 12.8 Å². The van der Waals surface area contributed by atoms with Crippen molar-refractivity contribution in [1.29, 1.82) is 0 Å². The van der Waals surface area contributed by atoms with E-state index in [-0.39, 0.29) is 0 Å². The maximum absolute atomic E-state index is 11.9. The second-order valence-corrected chi connectivity index (χ2v) is 7.39. The molecule has 3 aromatic rings. The fourth-order valence-corrected chi connectivity index (χ4v) is 4.83. The SMILES string of the molecule is CCOc1ccccc1-c1nc2sc3c(n2c1C=O)CCC(C)C3. The normalized spacial score (nSPS) is 17.0. The zero-order valence-corrected chi connectivity index (χ0v) is 14.7. The number of thiazole rings is 1. The first-order valence-electron chi connectivity index (χ1n) is 8.43. The predicted octanol–water partition coefficient (Wildman–Crippen LogP) is 4.40. The highest BCUT2D eigenvalue weighted by Gasteiger charge is 2.26. The summed E-state index contributed by atoms with van der Waals surface area (Å²) in [5.41, 5.74) is 3.52. The number of carbonyl (C=O) groups is 1. The third-order valence-electron chi connectivity index (χ3n) is 4.65. The maximum Gasteiger partial charge on any atom is 0.195 e. The molecule has 5 heteroatoms. The molecule has 4 nitrogen and oxygen atoms in total. The highest BCUT2D eigenvalue weighted by Crippen LogP contribution is 2.38. The number of fused-ring (bicyclic) bond motifs is 3. The molecule has 24 heavy (non-hydrogen) atoms. The number of aldehydes is 1. The van der Waals surface area contributed by atoms with Gasteiger partial charge in [0.2, 0.25) is 0 Å². The van der Waals surface area contributed by atoms with Gasteiger partial charge in [-0.3, -0.25) is 9.20 Å². The van der Waals surface area contributed by atoms with Crippen LogP contribution >= 0.6 is 11.3 Å². The molecular formula is C19H20N2O2S. The number of aromatic nitrogens is 2. The van der Waals surface area contributed by atoms with Gasteiger partial charge in [-0.2, -0.15) is 0 Å². The molecule has 0 saturated heterocycles. The largest absolute Gasteiger partial charge is 0.493 e. The van der Waals surface area contributed by atoms with Crippen molar-refractivity contribution < 1.29 is 9.53 Å². The van der Waals surface area contributed by atoms with Gasteiger partial charge in [0.1, 0.15) is 17.1 Å². The molecule has 4 rings (SSSR count). The van der Waals surface area contributed by atoms with Gasteiger partial charge in [-0.25, -0.2) is 4.98 Å². The Morgan fingerprint density at radius 3 is 3.04 bits per heavy atom. The topological polar surface area (TPSA) is 43.6 Å². The lowest BCUT2D eigenvalue weighted by atomic mass is 9.93. The molecule has 1 aliphatic carbocycles. The van der Waals surface area contributed by atoms with E-state index in [1.54, 1.807) is 11.3 Å². The van der Waals surface area contributed by atoms with Crippen LogP contribution in [0.4, 0.5) is 0 Å². The van der Waals surface area contributed by atoms with Gasteiger partial charge in [0.15, 0.2) is 11.2 Å². The zero-order valence-electron chi connectivity index (χ0n) is 13.9. The first kappa shape index (κ1) is 15.4. The van der Waals surface area contributed by atoms with E-state index in [0.29, 0.717) is 18.2 Å². The van der Waals surface area contributed by atoms with Gasteiger partial charge >= 0.3 is 0 Å². The third-order valence-corrected chi connectivity index (χ3v) is 5.76. The Morgan fingerprint density at radius 1 is 1.42 bits per heavy atom. The molecule has 0 saturated carbocycles. The van der Waals surface area contributed by atoms with Crippen LogP contribution in [0.5, 0.6) is 5.75 Å². The fraction of sp³-hybridized carbons (Fsp3) is 0.368. The zero-order chi connectivity index (χ0) is 16.7. The molecule has 2 heterocycles. The molecule has 1 aliphatic rings. The van der Waals surface area contributed by atoms with Gasteiger partial charge in [0.05, 0.1) is 6.61 Å². The number of rotatable bonds is 4. The standard InChI is InChI=1S/C19H20N2O2S/c1-3-23-16-7-5-4-6-13(16)18-15(11-22)21-14-9-8-12(2)10-17(14)24-19(21)20-18/h4-7,11-12H,3,8-10H2,1-2H3. The van der Waals surface area contributed by atoms with Crippen molar-refractivity contribution in [1.82, 2.24) is 9.38 Å². The number of para-hydroxylation sites is 1. The average molecular weight is 340 g/mol. The van der Waals surface area contributed by atoms with Crippen molar-refractivity contribution in [3.63, 3.8) is 0 Å². The summed E-state index contributed by atoms with van der Waals surface area (Å²) in [6.45, 7) is 4.83. The third kappa shape index (κ3) is 2.35. The summed E-state index contributed by atoms with van der Waals surface area (Å²) in [6.07, 6.45) is 4.20. The van der Waals surface area contributed by atoms with Gasteiger partial charge in [-0.1, -0.05) is 19.1 Å². The number of ether oxygens (including phenoxy) is 1. The summed E-state index contributed by atoms with van der Waals surface area (Å²) in [4.78, 5) is 19.0. The number of nitrogens with zero attached hydrogens (tertiary/aromatic N) is 2. The number of hydrogen-bond donors (Lipinski definition) is 0. The van der Waals surface area contributed by atoms with E-state index in [1.807, 2.05) is 31.2 Å². The summed E-state index contributed by atoms with van der Waals surface area (Å²) in [7, 11) is 0. The first-order chi connectivity index (χ1) is 11.7. The molecule has 0 aliphatic heterocycles. The minimum atomic E-state index is 0.586. The quantitative estimate of drug-likeness (QED) is 0.661. The van der Waals surface area contributed by atoms with Gasteiger partial charge in [0, 0.05) is 16.1 Å². The number of aryl methyl sites for hydroxylation is 1. The Bertz CT molecular complexity index is 910. The molecule has 0 spiro atoms. The van der Waals surface area contributed by atoms with E-state index in [0.717, 1.165) is 41.1 Å². The first-order valence-corrected chi connectivity index (χ1v) is 9.25. The van der Waals surface area contributed by atoms with E-state index in [1.165, 1.54) is 17.0 Å². The van der Waals surface area contributed by atoms with Gasteiger partial charge in [0.25, 0.3) is 0 Å². The van der Waals surface area contributed by atoms with Crippen LogP contribution in [0.3, 0.4) is 0 Å². The van der Waals surface area contributed by atoms with Crippen molar-refractivity contribution in [2.75, 3.05) is 6.61 Å². The molecule has 1 unspecified atom stereocenters. The smallest absolute Gasteiger partial charge is 0.195 e. The summed E-state index contributed by atoms with van der Waals surface area (Å²) in [5.74, 6) is 1.48. The molecule has 1 aromatic carbocycles. The molecule has 2 aromatic heterocycles. The lowest BCUT2D eigenvalue weighted by Gasteiger charge is -2.17. The second-order valence-electron chi connectivity index (χ2n) is 6.33. The van der Waals surface area contributed by atoms with Crippen LogP contribution in [-0.4, -0.2) is 22.3 Å². The highest BCUT2D eigenvalue weighted by atomic mass is 32.1. The predicted molar refractivity (Wildman–Crippen MR) is 96.3 cm³/mol. The van der Waals surface area contributed by atoms with Crippen LogP contribution in [0.1, 0.15) is 41.3 Å². The molecule has 0 bridgehead atoms. The molecule has 0 fully saturated rings. The maximum atomic E-state index is 11.9. The van der Waals surface area contributed by atoms with Gasteiger partial charge in [-0.05, 0) is 44.2 Å². The van der Waals surface area contributed by atoms with E-state index in [4.69, 9.17) is 9.72 Å². The molecule has 124 valence electrons. The fourth-order valence-electron chi connectivity index (χ4n) is 3.50. The molecule has 0 radical (unpaired) electrons. The van der Waals surface area contributed by atoms with E-state index in [2.05, 4.69) is 11.3 Å². The Hall–Kier alpha value is -2.14. The van der Waals surface area contributed by atoms with Crippen LogP contribution in [0.15, 0.2) is 24.3 Å². The number of carbonyl (C=O) groups excluding carboxylic acids is 1. The van der Waals surface area contributed by atoms with Crippen LogP contribution in [0.25, 0.3) is 16.2 Å². The minimum Gasteiger partial charge on any atom is -0.493 e. The molecule has 0 N–H and O–H groups in total. The summed E-state index contributed by atoms with van der Waals surface area (Å²) < 4.78 is 7.79. The summed E-state index contributed by atoms with van der Waals surface area (Å²) in [5, 5.41) is 0. The Morgan fingerprint density at radius 2 is 2.25 bits per heavy atom. The van der Waals surface area contributed by atoms with Crippen molar-refractivity contribution >= 4 is 22.6 Å². The summed E-state index contributed by atoms with van der Waals surface area (Å²) >= 11 is 1.72. The van der Waals surface area contributed by atoms with Gasteiger partial charge in [-0.15, -0.1) is 11.3 Å². The minimum absolute atomic E-state index is 0.586. The van der Waals surface area contributed by atoms with Crippen LogP contribution in [0, 0.1) is 5.92 Å². The monoisotopic (exact) mass is 340 g/mol. The van der Waals surface area contributed by atoms with E-state index >= 15 is 0 Å². The molecular weight excluding hydrogens is 320 g/mol. The average Bonchev–Trinajstić information content (AvgIpc) is 3.10. The van der Waals surface area contributed by atoms with Crippen LogP contribution in [0.2, 0.25) is 0 Å². The highest BCUT2D eigenvalue weighted by molar-refractivity contribution is 7.17. The van der Waals surface area contributed by atoms with Crippen molar-refractivity contribution in [3.8, 4) is 17.0 Å². The lowest BCUT2D eigenvalue weighted by Crippen LogP contribution is -2.11. The van der Waals surface area contributed by atoms with E-state index < -0.39 is 0 Å². The number of imidazole rings is 1. The Labute approximate surface area is 145 Å². The van der Waals surface area contributed by atoms with Crippen molar-refractivity contribution in [3.05, 3.63) is 40.5 Å². The van der Waals surface area contributed by atoms with Crippen LogP contribution < -0.4 is 4.74 Å². The number of benzene rings is 1. The summed E-state index contributed by atoms with van der Waals surface area (Å²) in [6, 6.07) is 7.80. The van der Waals surface area contributed by atoms with Gasteiger partial charge < -0.3 is 4.74 Å². The van der Waals surface area contributed by atoms with Crippen molar-refractivity contribution in [2.45, 2.75) is 33.1 Å². The van der Waals surface area contributed by atoms with Crippen molar-refractivity contribution in [2.24, 2.45) is 5.92 Å².